The van der Waals surface area contributed by atoms with Crippen LogP contribution in [0, 0.1) is 0 Å². The highest BCUT2D eigenvalue weighted by Gasteiger charge is 2.28. The highest BCUT2D eigenvalue weighted by molar-refractivity contribution is 5.92. The largest absolute Gasteiger partial charge is 0.496 e. The number of nitrogens with zero attached hydrogens (tertiary/aromatic N) is 1. The van der Waals surface area contributed by atoms with Crippen molar-refractivity contribution in [1.29, 1.82) is 0 Å². The summed E-state index contributed by atoms with van der Waals surface area (Å²) in [6.07, 6.45) is -0.607. The van der Waals surface area contributed by atoms with Gasteiger partial charge in [-0.25, -0.2) is 0 Å². The zero-order chi connectivity index (χ0) is 20.1. The molecule has 7 heteroatoms. The Labute approximate surface area is 164 Å². The first-order valence-corrected chi connectivity index (χ1v) is 9.01. The summed E-state index contributed by atoms with van der Waals surface area (Å²) in [5, 5.41) is 2.78. The number of benzene rings is 2. The van der Waals surface area contributed by atoms with Gasteiger partial charge in [0.05, 0.1) is 7.11 Å². The maximum atomic E-state index is 12.8. The molecule has 1 atom stereocenters. The molecule has 0 unspecified atom stereocenters. The summed E-state index contributed by atoms with van der Waals surface area (Å²) in [4.78, 5) is 26.4. The first-order chi connectivity index (χ1) is 13.5. The zero-order valence-electron chi connectivity index (χ0n) is 16.2. The summed E-state index contributed by atoms with van der Waals surface area (Å²) >= 11 is 0. The molecule has 148 valence electrons. The van der Waals surface area contributed by atoms with E-state index in [1.165, 1.54) is 7.11 Å². The van der Waals surface area contributed by atoms with Crippen LogP contribution in [-0.2, 0) is 27.4 Å². The molecule has 1 N–H and O–H groups in total. The number of hydrogen-bond donors (Lipinski definition) is 1. The number of hydrogen-bond acceptors (Lipinski definition) is 5. The second-order valence-electron chi connectivity index (χ2n) is 6.57. The number of para-hydroxylation sites is 1. The third-order valence-corrected chi connectivity index (χ3v) is 4.50. The molecule has 0 saturated heterocycles. The lowest BCUT2D eigenvalue weighted by Gasteiger charge is -2.23. The Hall–Kier alpha value is -3.06. The maximum absolute atomic E-state index is 12.8. The van der Waals surface area contributed by atoms with E-state index in [2.05, 4.69) is 5.32 Å². The molecular formula is C21H24N2O5. The molecule has 0 radical (unpaired) electrons. The van der Waals surface area contributed by atoms with E-state index in [-0.39, 0.29) is 18.4 Å². The van der Waals surface area contributed by atoms with Gasteiger partial charge in [-0.3, -0.25) is 9.59 Å². The molecule has 2 aromatic carbocycles. The van der Waals surface area contributed by atoms with Crippen LogP contribution in [0.25, 0.3) is 0 Å². The molecule has 0 aromatic heterocycles. The molecule has 0 fully saturated rings. The highest BCUT2D eigenvalue weighted by Crippen LogP contribution is 2.30. The first kappa shape index (κ1) is 19.7. The van der Waals surface area contributed by atoms with Crippen LogP contribution in [0.5, 0.6) is 11.5 Å². The van der Waals surface area contributed by atoms with Crippen molar-refractivity contribution in [2.24, 2.45) is 0 Å². The second kappa shape index (κ2) is 8.75. The van der Waals surface area contributed by atoms with Crippen molar-refractivity contribution in [2.45, 2.75) is 26.1 Å². The summed E-state index contributed by atoms with van der Waals surface area (Å²) in [6.45, 7) is 2.48. The van der Waals surface area contributed by atoms with Crippen LogP contribution >= 0.6 is 0 Å². The molecule has 0 saturated carbocycles. The standard InChI is InChI=1S/C21H24N2O5/c1-14-21(25)23(11-15-6-4-5-7-18(15)27-3)12-16-10-17(8-9-19(16)28-14)22-20(24)13-26-2/h4-10,14H,11-13H2,1-3H3,(H,22,24)/t14-/m0/s1. The second-order valence-corrected chi connectivity index (χ2v) is 6.57. The lowest BCUT2D eigenvalue weighted by molar-refractivity contribution is -0.138. The number of carbonyl (C=O) groups excluding carboxylic acids is 2. The lowest BCUT2D eigenvalue weighted by atomic mass is 10.1. The average molecular weight is 384 g/mol. The molecule has 0 aliphatic carbocycles. The monoisotopic (exact) mass is 384 g/mol. The molecule has 28 heavy (non-hydrogen) atoms. The van der Waals surface area contributed by atoms with Crippen molar-refractivity contribution in [2.75, 3.05) is 26.1 Å². The predicted molar refractivity (Wildman–Crippen MR) is 104 cm³/mol. The fraction of sp³-hybridized carbons (Fsp3) is 0.333. The Morgan fingerprint density at radius 1 is 1.25 bits per heavy atom. The Bertz CT molecular complexity index is 868. The Balaban J connectivity index is 1.86. The average Bonchev–Trinajstić information content (AvgIpc) is 2.79. The van der Waals surface area contributed by atoms with Crippen molar-refractivity contribution in [3.63, 3.8) is 0 Å². The Morgan fingerprint density at radius 2 is 2.04 bits per heavy atom. The third kappa shape index (κ3) is 4.43. The van der Waals surface area contributed by atoms with E-state index in [9.17, 15) is 9.59 Å². The number of fused-ring (bicyclic) bond motifs is 1. The molecule has 0 bridgehead atoms. The topological polar surface area (TPSA) is 77.1 Å². The SMILES string of the molecule is COCC(=O)Nc1ccc2c(c1)CN(Cc1ccccc1OC)C(=O)[C@H](C)O2. The van der Waals surface area contributed by atoms with E-state index in [4.69, 9.17) is 14.2 Å². The summed E-state index contributed by atoms with van der Waals surface area (Å²) < 4.78 is 16.1. The van der Waals surface area contributed by atoms with Crippen LogP contribution in [0.15, 0.2) is 42.5 Å². The summed E-state index contributed by atoms with van der Waals surface area (Å²) in [5.74, 6) is 1.02. The van der Waals surface area contributed by atoms with E-state index >= 15 is 0 Å². The predicted octanol–water partition coefficient (Wildman–Crippen LogP) is 2.59. The van der Waals surface area contributed by atoms with Crippen LogP contribution in [-0.4, -0.2) is 43.6 Å². The van der Waals surface area contributed by atoms with Crippen molar-refractivity contribution in [3.05, 3.63) is 53.6 Å². The molecule has 1 heterocycles. The van der Waals surface area contributed by atoms with Gasteiger partial charge in [-0.2, -0.15) is 0 Å². The molecule has 1 aliphatic rings. The highest BCUT2D eigenvalue weighted by atomic mass is 16.5. The zero-order valence-corrected chi connectivity index (χ0v) is 16.2. The minimum absolute atomic E-state index is 0.0248. The number of rotatable bonds is 6. The fourth-order valence-electron chi connectivity index (χ4n) is 3.18. The van der Waals surface area contributed by atoms with E-state index in [0.29, 0.717) is 24.5 Å². The van der Waals surface area contributed by atoms with Crippen LogP contribution < -0.4 is 14.8 Å². The van der Waals surface area contributed by atoms with Gasteiger partial charge in [0, 0.05) is 37.0 Å². The quantitative estimate of drug-likeness (QED) is 0.828. The number of methoxy groups -OCH3 is 2. The van der Waals surface area contributed by atoms with Gasteiger partial charge in [-0.1, -0.05) is 18.2 Å². The number of carbonyl (C=O) groups is 2. The van der Waals surface area contributed by atoms with Gasteiger partial charge >= 0.3 is 0 Å². The van der Waals surface area contributed by atoms with E-state index in [1.807, 2.05) is 30.3 Å². The summed E-state index contributed by atoms with van der Waals surface area (Å²) in [6, 6.07) is 13.0. The normalized spacial score (nSPS) is 16.0. The third-order valence-electron chi connectivity index (χ3n) is 4.50. The number of amides is 2. The maximum Gasteiger partial charge on any atom is 0.263 e. The molecule has 1 aliphatic heterocycles. The minimum Gasteiger partial charge on any atom is -0.496 e. The van der Waals surface area contributed by atoms with Gasteiger partial charge in [0.15, 0.2) is 6.10 Å². The Morgan fingerprint density at radius 3 is 2.79 bits per heavy atom. The van der Waals surface area contributed by atoms with E-state index < -0.39 is 6.10 Å². The van der Waals surface area contributed by atoms with Crippen LogP contribution in [0.1, 0.15) is 18.1 Å². The molecule has 2 amide bonds. The van der Waals surface area contributed by atoms with Crippen LogP contribution in [0.4, 0.5) is 5.69 Å². The number of nitrogens with one attached hydrogen (secondary N) is 1. The number of ether oxygens (including phenoxy) is 3. The van der Waals surface area contributed by atoms with Crippen molar-refractivity contribution in [1.82, 2.24) is 4.90 Å². The van der Waals surface area contributed by atoms with Gasteiger partial charge in [-0.15, -0.1) is 0 Å². The fourth-order valence-corrected chi connectivity index (χ4v) is 3.18. The molecule has 0 spiro atoms. The molecular weight excluding hydrogens is 360 g/mol. The van der Waals surface area contributed by atoms with Gasteiger partial charge < -0.3 is 24.4 Å². The van der Waals surface area contributed by atoms with Crippen molar-refractivity contribution < 1.29 is 23.8 Å². The van der Waals surface area contributed by atoms with Crippen molar-refractivity contribution >= 4 is 17.5 Å². The van der Waals surface area contributed by atoms with E-state index in [1.54, 1.807) is 31.1 Å². The number of anilines is 1. The van der Waals surface area contributed by atoms with Gasteiger partial charge in [0.25, 0.3) is 5.91 Å². The molecule has 7 nitrogen and oxygen atoms in total. The summed E-state index contributed by atoms with van der Waals surface area (Å²) in [7, 11) is 3.08. The Kier molecular flexibility index (Phi) is 6.16. The smallest absolute Gasteiger partial charge is 0.263 e. The lowest BCUT2D eigenvalue weighted by Crippen LogP contribution is -2.37. The minimum atomic E-state index is -0.607. The first-order valence-electron chi connectivity index (χ1n) is 9.01. The van der Waals surface area contributed by atoms with Gasteiger partial charge in [0.2, 0.25) is 5.91 Å². The van der Waals surface area contributed by atoms with Crippen LogP contribution in [0.3, 0.4) is 0 Å². The molecule has 2 aromatic rings. The molecule has 3 rings (SSSR count). The summed E-state index contributed by atoms with van der Waals surface area (Å²) in [5.41, 5.74) is 2.37. The van der Waals surface area contributed by atoms with Crippen LogP contribution in [0.2, 0.25) is 0 Å². The van der Waals surface area contributed by atoms with E-state index in [0.717, 1.165) is 16.9 Å². The van der Waals surface area contributed by atoms with Gasteiger partial charge in [0.1, 0.15) is 18.1 Å². The van der Waals surface area contributed by atoms with Crippen molar-refractivity contribution in [3.8, 4) is 11.5 Å². The van der Waals surface area contributed by atoms with Gasteiger partial charge in [-0.05, 0) is 31.2 Å².